The molecule has 1 aromatic carbocycles. The zero-order valence-corrected chi connectivity index (χ0v) is 16.2. The summed E-state index contributed by atoms with van der Waals surface area (Å²) in [5, 5.41) is 11.2. The number of β-amino-alcohol motifs (C(OH)–C–C–N with tert-alkyl or cyclic N) is 1. The Bertz CT molecular complexity index is 1000. The van der Waals surface area contributed by atoms with Crippen molar-refractivity contribution in [2.45, 2.75) is 25.5 Å². The zero-order valence-electron chi connectivity index (χ0n) is 15.5. The number of nitrogens with zero attached hydrogens (tertiary/aromatic N) is 3. The number of aromatic nitrogens is 2. The minimum Gasteiger partial charge on any atom is -0.391 e. The molecule has 1 aliphatic heterocycles. The van der Waals surface area contributed by atoms with Gasteiger partial charge < -0.3 is 20.1 Å². The molecule has 0 bridgehead atoms. The smallest absolute Gasteiger partial charge is 0.274 e. The van der Waals surface area contributed by atoms with Gasteiger partial charge in [0.15, 0.2) is 5.65 Å². The highest BCUT2D eigenvalue weighted by Crippen LogP contribution is 2.25. The fourth-order valence-corrected chi connectivity index (χ4v) is 4.10. The molecule has 3 heterocycles. The molecule has 7 heteroatoms. The molecule has 2 atom stereocenters. The summed E-state index contributed by atoms with van der Waals surface area (Å²) < 4.78 is 1.74. The van der Waals surface area contributed by atoms with Gasteiger partial charge in [-0.2, -0.15) is 0 Å². The van der Waals surface area contributed by atoms with Crippen molar-refractivity contribution in [3.63, 3.8) is 0 Å². The van der Waals surface area contributed by atoms with Crippen LogP contribution in [0.1, 0.15) is 28.0 Å². The van der Waals surface area contributed by atoms with Gasteiger partial charge in [-0.1, -0.05) is 35.9 Å². The summed E-state index contributed by atoms with van der Waals surface area (Å²) in [6.07, 6.45) is 4.41. The van der Waals surface area contributed by atoms with Gasteiger partial charge in [0.25, 0.3) is 5.91 Å². The van der Waals surface area contributed by atoms with E-state index in [1.54, 1.807) is 33.8 Å². The van der Waals surface area contributed by atoms with E-state index in [-0.39, 0.29) is 11.8 Å². The van der Waals surface area contributed by atoms with E-state index < -0.39 is 6.10 Å². The Balaban J connectivity index is 1.45. The number of amides is 1. The maximum Gasteiger partial charge on any atom is 0.274 e. The molecule has 1 amide bonds. The first-order valence-electron chi connectivity index (χ1n) is 9.44. The number of hydrogen-bond acceptors (Lipinski definition) is 4. The molecule has 1 saturated heterocycles. The quantitative estimate of drug-likeness (QED) is 0.707. The molecule has 0 radical (unpaired) electrons. The Labute approximate surface area is 168 Å². The number of nitrogens with two attached hydrogens (primary N) is 1. The van der Waals surface area contributed by atoms with Crippen molar-refractivity contribution >= 4 is 23.2 Å². The Hall–Kier alpha value is -2.41. The predicted molar refractivity (Wildman–Crippen MR) is 108 cm³/mol. The third-order valence-electron chi connectivity index (χ3n) is 5.48. The zero-order chi connectivity index (χ0) is 19.7. The molecule has 3 N–H and O–H groups in total. The molecule has 1 aliphatic rings. The van der Waals surface area contributed by atoms with Crippen LogP contribution in [0, 0.1) is 5.92 Å². The van der Waals surface area contributed by atoms with Gasteiger partial charge in [-0.3, -0.25) is 4.79 Å². The van der Waals surface area contributed by atoms with Crippen molar-refractivity contribution in [2.24, 2.45) is 11.7 Å². The summed E-state index contributed by atoms with van der Waals surface area (Å²) in [7, 11) is 0. The molecule has 2 aromatic heterocycles. The van der Waals surface area contributed by atoms with Crippen molar-refractivity contribution in [3.05, 3.63) is 70.6 Å². The maximum absolute atomic E-state index is 12.9. The molecular formula is C21H23ClN4O2. The minimum atomic E-state index is -0.579. The van der Waals surface area contributed by atoms with Crippen molar-refractivity contribution in [3.8, 4) is 0 Å². The third kappa shape index (κ3) is 3.63. The van der Waals surface area contributed by atoms with Gasteiger partial charge in [0.05, 0.1) is 11.1 Å². The number of rotatable bonds is 4. The summed E-state index contributed by atoms with van der Waals surface area (Å²) >= 11 is 6.15. The average molecular weight is 399 g/mol. The summed E-state index contributed by atoms with van der Waals surface area (Å²) in [6, 6.07) is 11.6. The van der Waals surface area contributed by atoms with Gasteiger partial charge in [0.2, 0.25) is 0 Å². The number of aliphatic hydroxyl groups excluding tert-OH is 1. The van der Waals surface area contributed by atoms with E-state index in [1.807, 2.05) is 18.2 Å². The average Bonchev–Trinajstić information content (AvgIpc) is 3.15. The first-order chi connectivity index (χ1) is 13.6. The second-order valence-corrected chi connectivity index (χ2v) is 7.66. The number of imidazole rings is 1. The maximum atomic E-state index is 12.9. The molecule has 0 spiro atoms. The first kappa shape index (κ1) is 18.9. The molecule has 3 aromatic rings. The van der Waals surface area contributed by atoms with E-state index in [0.29, 0.717) is 36.0 Å². The van der Waals surface area contributed by atoms with Gasteiger partial charge in [0.1, 0.15) is 5.69 Å². The van der Waals surface area contributed by atoms with Gasteiger partial charge >= 0.3 is 0 Å². The summed E-state index contributed by atoms with van der Waals surface area (Å²) in [5.74, 6) is -0.0770. The topological polar surface area (TPSA) is 83.9 Å². The van der Waals surface area contributed by atoms with Crippen LogP contribution in [0.25, 0.3) is 5.65 Å². The third-order valence-corrected chi connectivity index (χ3v) is 5.78. The first-order valence-corrected chi connectivity index (χ1v) is 9.82. The highest BCUT2D eigenvalue weighted by Gasteiger charge is 2.31. The number of carbonyl (C=O) groups excluding carboxylic acids is 1. The number of carbonyl (C=O) groups is 1. The largest absolute Gasteiger partial charge is 0.391 e. The lowest BCUT2D eigenvalue weighted by molar-refractivity contribution is 0.0194. The summed E-state index contributed by atoms with van der Waals surface area (Å²) in [6.45, 7) is 1.38. The normalized spacial score (nSPS) is 19.9. The van der Waals surface area contributed by atoms with E-state index in [0.717, 1.165) is 18.4 Å². The van der Waals surface area contributed by atoms with Crippen LogP contribution in [0.4, 0.5) is 0 Å². The molecular weight excluding hydrogens is 376 g/mol. The van der Waals surface area contributed by atoms with E-state index in [4.69, 9.17) is 17.3 Å². The van der Waals surface area contributed by atoms with E-state index >= 15 is 0 Å². The monoisotopic (exact) mass is 398 g/mol. The molecule has 0 aliphatic carbocycles. The van der Waals surface area contributed by atoms with Crippen molar-refractivity contribution < 1.29 is 9.90 Å². The predicted octanol–water partition coefficient (Wildman–Crippen LogP) is 2.51. The molecule has 0 saturated carbocycles. The van der Waals surface area contributed by atoms with Crippen LogP contribution in [0.15, 0.2) is 48.8 Å². The lowest BCUT2D eigenvalue weighted by Crippen LogP contribution is -2.47. The van der Waals surface area contributed by atoms with Gasteiger partial charge in [-0.25, -0.2) is 4.98 Å². The van der Waals surface area contributed by atoms with Crippen molar-refractivity contribution in [2.75, 3.05) is 13.1 Å². The van der Waals surface area contributed by atoms with Gasteiger partial charge in [-0.15, -0.1) is 0 Å². The number of aliphatic hydroxyl groups is 1. The fraction of sp³-hybridized carbons (Fsp3) is 0.333. The van der Waals surface area contributed by atoms with Gasteiger partial charge in [-0.05, 0) is 42.0 Å². The van der Waals surface area contributed by atoms with Crippen LogP contribution in [0.3, 0.4) is 0 Å². The highest BCUT2D eigenvalue weighted by atomic mass is 35.5. The Kier molecular flexibility index (Phi) is 5.35. The Morgan fingerprint density at radius 3 is 2.75 bits per heavy atom. The van der Waals surface area contributed by atoms with Crippen LogP contribution >= 0.6 is 11.6 Å². The standard InChI is InChI=1S/C21H23ClN4O2/c22-17-6-3-8-25-12-18(24-20(17)25)21(28)26-9-7-15(19(27)13-26)10-14-4-1-2-5-16(14)11-23/h1-6,8,12,15,19,27H,7,9-11,13,23H2. The number of likely N-dealkylation sites (tertiary alicyclic amines) is 1. The van der Waals surface area contributed by atoms with Crippen molar-refractivity contribution in [1.82, 2.24) is 14.3 Å². The number of benzene rings is 1. The second-order valence-electron chi connectivity index (χ2n) is 7.26. The van der Waals surface area contributed by atoms with Crippen LogP contribution in [0.2, 0.25) is 5.02 Å². The highest BCUT2D eigenvalue weighted by molar-refractivity contribution is 6.33. The van der Waals surface area contributed by atoms with Gasteiger partial charge in [0, 0.05) is 32.0 Å². The van der Waals surface area contributed by atoms with Crippen LogP contribution in [-0.4, -0.2) is 44.5 Å². The van der Waals surface area contributed by atoms with E-state index in [9.17, 15) is 9.90 Å². The summed E-state index contributed by atoms with van der Waals surface area (Å²) in [5.41, 5.74) is 9.00. The second kappa shape index (κ2) is 7.91. The molecule has 28 heavy (non-hydrogen) atoms. The van der Waals surface area contributed by atoms with Crippen LogP contribution in [-0.2, 0) is 13.0 Å². The fourth-order valence-electron chi connectivity index (χ4n) is 3.88. The molecule has 4 rings (SSSR count). The van der Waals surface area contributed by atoms with E-state index in [1.165, 1.54) is 5.56 Å². The molecule has 2 unspecified atom stereocenters. The van der Waals surface area contributed by atoms with E-state index in [2.05, 4.69) is 11.1 Å². The number of piperidine rings is 1. The van der Waals surface area contributed by atoms with Crippen LogP contribution < -0.4 is 5.73 Å². The lowest BCUT2D eigenvalue weighted by atomic mass is 9.86. The number of halogens is 1. The van der Waals surface area contributed by atoms with Crippen LogP contribution in [0.5, 0.6) is 0 Å². The molecule has 146 valence electrons. The summed E-state index contributed by atoms with van der Waals surface area (Å²) in [4.78, 5) is 18.9. The minimum absolute atomic E-state index is 0.104. The SMILES string of the molecule is NCc1ccccc1CC1CCN(C(=O)c2cn3cccc(Cl)c3n2)CC1O. The number of pyridine rings is 1. The number of fused-ring (bicyclic) bond motifs is 1. The Morgan fingerprint density at radius 2 is 2.04 bits per heavy atom. The van der Waals surface area contributed by atoms with Crippen molar-refractivity contribution in [1.29, 1.82) is 0 Å². The molecule has 6 nitrogen and oxygen atoms in total. The lowest BCUT2D eigenvalue weighted by Gasteiger charge is -2.36. The number of hydrogen-bond donors (Lipinski definition) is 2. The Morgan fingerprint density at radius 1 is 1.25 bits per heavy atom. The molecule has 1 fully saturated rings.